The average molecular weight is 475 g/mol. The minimum atomic E-state index is -0.238. The molecule has 0 aliphatic heterocycles. The van der Waals surface area contributed by atoms with E-state index in [-0.39, 0.29) is 11.7 Å². The van der Waals surface area contributed by atoms with Gasteiger partial charge in [0.25, 0.3) is 0 Å². The van der Waals surface area contributed by atoms with Gasteiger partial charge < -0.3 is 5.32 Å². The first-order valence-electron chi connectivity index (χ1n) is 11.5. The predicted molar refractivity (Wildman–Crippen MR) is 147 cm³/mol. The van der Waals surface area contributed by atoms with Crippen LogP contribution in [0.1, 0.15) is 24.2 Å². The summed E-state index contributed by atoms with van der Waals surface area (Å²) in [4.78, 5) is 36.7. The number of nitrogens with zero attached hydrogens (tertiary/aromatic N) is 3. The molecule has 6 nitrogen and oxygen atoms in total. The van der Waals surface area contributed by atoms with Gasteiger partial charge in [0.05, 0.1) is 17.1 Å². The highest BCUT2D eigenvalue weighted by molar-refractivity contribution is 6.53. The number of rotatable bonds is 5. The molecule has 0 saturated carbocycles. The van der Waals surface area contributed by atoms with Crippen LogP contribution in [0.25, 0.3) is 0 Å². The maximum atomic E-state index is 13.1. The van der Waals surface area contributed by atoms with Crippen LogP contribution >= 0.6 is 0 Å². The molecule has 0 aromatic heterocycles. The quantitative estimate of drug-likeness (QED) is 0.196. The molecule has 1 N–H and O–H groups in total. The number of anilines is 2. The Hall–Kier alpha value is -4.84. The van der Waals surface area contributed by atoms with Crippen LogP contribution in [0.5, 0.6) is 0 Å². The first-order chi connectivity index (χ1) is 17.5. The molecule has 0 radical (unpaired) electrons. The Balaban J connectivity index is 1.98. The Morgan fingerprint density at radius 2 is 1.22 bits per heavy atom. The van der Waals surface area contributed by atoms with Crippen molar-refractivity contribution in [3.8, 4) is 0 Å². The summed E-state index contributed by atoms with van der Waals surface area (Å²) in [5.41, 5.74) is 2.99. The Bertz CT molecular complexity index is 1400. The topological polar surface area (TPSA) is 74.1 Å². The first-order valence-corrected chi connectivity index (χ1v) is 11.5. The summed E-state index contributed by atoms with van der Waals surface area (Å²) in [6.07, 6.45) is 0. The molecular weight excluding hydrogens is 448 g/mol. The van der Waals surface area contributed by atoms with Crippen molar-refractivity contribution in [2.24, 2.45) is 9.98 Å². The second kappa shape index (κ2) is 11.5. The van der Waals surface area contributed by atoms with E-state index in [1.54, 1.807) is 18.2 Å². The third-order valence-corrected chi connectivity index (χ3v) is 5.30. The van der Waals surface area contributed by atoms with Gasteiger partial charge in [0.2, 0.25) is 5.91 Å². The molecule has 4 rings (SSSR count). The maximum absolute atomic E-state index is 13.1. The zero-order valence-corrected chi connectivity index (χ0v) is 20.1. The van der Waals surface area contributed by atoms with Crippen LogP contribution in [0, 0.1) is 0 Å². The number of aliphatic imine (C=N–C) groups is 2. The van der Waals surface area contributed by atoms with Crippen molar-refractivity contribution < 1.29 is 9.59 Å². The number of carbonyl (C=O) groups excluding carboxylic acids is 2. The molecule has 0 aliphatic carbocycles. The van der Waals surface area contributed by atoms with Gasteiger partial charge in [-0.3, -0.25) is 14.5 Å². The minimum Gasteiger partial charge on any atom is -0.337 e. The molecule has 0 fully saturated rings. The molecule has 0 bridgehead atoms. The van der Waals surface area contributed by atoms with Crippen molar-refractivity contribution in [2.75, 3.05) is 10.2 Å². The van der Waals surface area contributed by atoms with Gasteiger partial charge in [-0.15, -0.1) is 0 Å². The van der Waals surface area contributed by atoms with Crippen molar-refractivity contribution in [1.82, 2.24) is 0 Å². The average Bonchev–Trinajstić information content (AvgIpc) is 2.90. The van der Waals surface area contributed by atoms with Crippen LogP contribution in [0.15, 0.2) is 125 Å². The summed E-state index contributed by atoms with van der Waals surface area (Å²) in [7, 11) is 0. The molecule has 4 aromatic rings. The molecule has 178 valence electrons. The number of ketones is 1. The van der Waals surface area contributed by atoms with E-state index < -0.39 is 0 Å². The van der Waals surface area contributed by atoms with Crippen molar-refractivity contribution in [3.63, 3.8) is 0 Å². The Morgan fingerprint density at radius 3 is 1.83 bits per heavy atom. The van der Waals surface area contributed by atoms with E-state index in [1.165, 1.54) is 18.7 Å². The fraction of sp³-hybridized carbons (Fsp3) is 0.0667. The third-order valence-electron chi connectivity index (χ3n) is 5.30. The number of hydrogen-bond acceptors (Lipinski definition) is 4. The van der Waals surface area contributed by atoms with E-state index in [0.29, 0.717) is 34.3 Å². The summed E-state index contributed by atoms with van der Waals surface area (Å²) in [5.74, 6) is 0.264. The zero-order chi connectivity index (χ0) is 25.3. The van der Waals surface area contributed by atoms with E-state index in [1.807, 2.05) is 97.1 Å². The van der Waals surface area contributed by atoms with Crippen LogP contribution < -0.4 is 10.2 Å². The molecule has 0 atom stereocenters. The van der Waals surface area contributed by atoms with E-state index in [9.17, 15) is 9.59 Å². The molecule has 36 heavy (non-hydrogen) atoms. The fourth-order valence-corrected chi connectivity index (χ4v) is 3.65. The number of nitrogens with one attached hydrogen (secondary N) is 1. The molecular formula is C30H26N4O2. The van der Waals surface area contributed by atoms with Crippen LogP contribution in [-0.2, 0) is 4.79 Å². The molecule has 0 heterocycles. The second-order valence-electron chi connectivity index (χ2n) is 7.99. The van der Waals surface area contributed by atoms with Gasteiger partial charge in [-0.25, -0.2) is 9.98 Å². The smallest absolute Gasteiger partial charge is 0.229 e. The zero-order valence-electron chi connectivity index (χ0n) is 20.1. The molecule has 4 aromatic carbocycles. The Morgan fingerprint density at radius 1 is 0.667 bits per heavy atom. The lowest BCUT2D eigenvalue weighted by Crippen LogP contribution is -2.43. The Kier molecular flexibility index (Phi) is 7.78. The van der Waals surface area contributed by atoms with Crippen LogP contribution in [0.4, 0.5) is 22.7 Å². The number of hydrogen-bond donors (Lipinski definition) is 1. The SMILES string of the molecule is CC(=O)c1ccccc1N=C(Nc1ccccc1)C(=Nc1ccccc1)N(C(C)=O)c1ccccc1. The fourth-order valence-electron chi connectivity index (χ4n) is 3.65. The number of para-hydroxylation sites is 4. The Labute approximate surface area is 210 Å². The summed E-state index contributed by atoms with van der Waals surface area (Å²) in [6, 6.07) is 35.3. The monoisotopic (exact) mass is 474 g/mol. The largest absolute Gasteiger partial charge is 0.337 e. The lowest BCUT2D eigenvalue weighted by molar-refractivity contribution is -0.115. The van der Waals surface area contributed by atoms with Gasteiger partial charge in [-0.2, -0.15) is 0 Å². The molecule has 0 spiro atoms. The van der Waals surface area contributed by atoms with E-state index in [2.05, 4.69) is 5.32 Å². The molecule has 6 heteroatoms. The molecule has 0 unspecified atom stereocenters. The highest BCUT2D eigenvalue weighted by Crippen LogP contribution is 2.24. The van der Waals surface area contributed by atoms with Crippen molar-refractivity contribution in [1.29, 1.82) is 0 Å². The standard InChI is InChI=1S/C30H26N4O2/c1-22(35)27-20-12-13-21-28(27)33-29(31-24-14-6-3-7-15-24)30(32-25-16-8-4-9-17-25)34(23(2)36)26-18-10-5-11-19-26/h3-21H,1-2H3,(H,31,33). The van der Waals surface area contributed by atoms with E-state index in [4.69, 9.17) is 9.98 Å². The van der Waals surface area contributed by atoms with Crippen LogP contribution in [0.3, 0.4) is 0 Å². The lowest BCUT2D eigenvalue weighted by Gasteiger charge is -2.25. The summed E-state index contributed by atoms with van der Waals surface area (Å²) in [6.45, 7) is 2.99. The lowest BCUT2D eigenvalue weighted by atomic mass is 10.1. The molecule has 0 saturated heterocycles. The number of amides is 1. The first kappa shape index (κ1) is 24.3. The number of amidine groups is 2. The van der Waals surface area contributed by atoms with Gasteiger partial charge >= 0.3 is 0 Å². The van der Waals surface area contributed by atoms with Gasteiger partial charge in [-0.1, -0.05) is 66.7 Å². The number of Topliss-reactive ketones (excluding diaryl/α,β-unsaturated/α-hetero) is 1. The van der Waals surface area contributed by atoms with Gasteiger partial charge in [0, 0.05) is 18.2 Å². The maximum Gasteiger partial charge on any atom is 0.229 e. The normalized spacial score (nSPS) is 11.6. The highest BCUT2D eigenvalue weighted by atomic mass is 16.2. The minimum absolute atomic E-state index is 0.110. The van der Waals surface area contributed by atoms with Crippen molar-refractivity contribution in [3.05, 3.63) is 121 Å². The number of carbonyl (C=O) groups is 2. The van der Waals surface area contributed by atoms with Crippen LogP contribution in [-0.4, -0.2) is 23.4 Å². The molecule has 0 aliphatic rings. The summed E-state index contributed by atoms with van der Waals surface area (Å²) in [5, 5.41) is 3.33. The molecule has 1 amide bonds. The van der Waals surface area contributed by atoms with Gasteiger partial charge in [-0.05, 0) is 55.5 Å². The summed E-state index contributed by atoms with van der Waals surface area (Å²) >= 11 is 0. The van der Waals surface area contributed by atoms with Crippen molar-refractivity contribution >= 4 is 46.1 Å². The third kappa shape index (κ3) is 5.98. The van der Waals surface area contributed by atoms with E-state index >= 15 is 0 Å². The second-order valence-corrected chi connectivity index (χ2v) is 7.99. The highest BCUT2D eigenvalue weighted by Gasteiger charge is 2.24. The van der Waals surface area contributed by atoms with Crippen molar-refractivity contribution in [2.45, 2.75) is 13.8 Å². The van der Waals surface area contributed by atoms with Crippen LogP contribution in [0.2, 0.25) is 0 Å². The van der Waals surface area contributed by atoms with Gasteiger partial charge in [0.15, 0.2) is 17.5 Å². The number of benzene rings is 4. The summed E-state index contributed by atoms with van der Waals surface area (Å²) < 4.78 is 0. The van der Waals surface area contributed by atoms with E-state index in [0.717, 1.165) is 5.69 Å². The predicted octanol–water partition coefficient (Wildman–Crippen LogP) is 6.81. The van der Waals surface area contributed by atoms with Gasteiger partial charge in [0.1, 0.15) is 0 Å².